The lowest BCUT2D eigenvalue weighted by molar-refractivity contribution is 0.467. The normalized spacial score (nSPS) is 15.7. The summed E-state index contributed by atoms with van der Waals surface area (Å²) in [7, 11) is 0. The van der Waals surface area contributed by atoms with Crippen LogP contribution in [-0.4, -0.2) is 19.9 Å². The van der Waals surface area contributed by atoms with Crippen LogP contribution < -0.4 is 50.8 Å². The molecule has 0 fully saturated rings. The predicted octanol–water partition coefficient (Wildman–Crippen LogP) is 18.2. The molecule has 4 aromatic heterocycles. The van der Waals surface area contributed by atoms with Gasteiger partial charge in [0.15, 0.2) is 0 Å². The van der Waals surface area contributed by atoms with E-state index in [-0.39, 0.29) is 0 Å². The first kappa shape index (κ1) is 54.3. The molecule has 8 heterocycles. The lowest BCUT2D eigenvalue weighted by atomic mass is 9.98. The van der Waals surface area contributed by atoms with Crippen LogP contribution in [0, 0.1) is 0 Å². The number of benzene rings is 10. The molecule has 2 unspecified atom stereocenters. The minimum absolute atomic E-state index is 0.732. The first-order valence-electron chi connectivity index (χ1n) is 30.2. The molecule has 0 spiro atoms. The summed E-state index contributed by atoms with van der Waals surface area (Å²) in [6.45, 7) is 0. The second kappa shape index (κ2) is 21.5. The maximum Gasteiger partial charge on any atom is 0.144 e. The van der Waals surface area contributed by atoms with Crippen LogP contribution in [0.1, 0.15) is 0 Å². The summed E-state index contributed by atoms with van der Waals surface area (Å²) in [5.41, 5.74) is 18.0. The number of hydrogen-bond donors (Lipinski definition) is 0. The number of ether oxygens (including phenoxy) is 4. The van der Waals surface area contributed by atoms with Gasteiger partial charge < -0.3 is 18.9 Å². The Hall–Kier alpha value is -10.7. The van der Waals surface area contributed by atoms with Crippen LogP contribution in [-0.2, 0) is 23.6 Å². The molecule has 12 heteroatoms. The van der Waals surface area contributed by atoms with Crippen molar-refractivity contribution in [1.29, 1.82) is 0 Å². The van der Waals surface area contributed by atoms with Crippen molar-refractivity contribution in [2.75, 3.05) is 0 Å². The molecule has 14 aromatic rings. The Kier molecular flexibility index (Phi) is 12.7. The number of pyridine rings is 4. The van der Waals surface area contributed by atoms with Crippen LogP contribution in [0.4, 0.5) is 0 Å². The van der Waals surface area contributed by atoms with Crippen molar-refractivity contribution >= 4 is 67.5 Å². The van der Waals surface area contributed by atoms with Gasteiger partial charge in [-0.2, -0.15) is 0 Å². The molecule has 0 saturated heterocycles. The van der Waals surface area contributed by atoms with E-state index in [1.54, 1.807) is 6.20 Å². The second-order valence-corrected chi connectivity index (χ2v) is 31.7. The highest BCUT2D eigenvalue weighted by Crippen LogP contribution is 2.63. The van der Waals surface area contributed by atoms with Gasteiger partial charge in [-0.15, -0.1) is 0 Å². The van der Waals surface area contributed by atoms with E-state index in [1.807, 2.05) is 97.7 Å². The predicted molar refractivity (Wildman–Crippen MR) is 379 cm³/mol. The van der Waals surface area contributed by atoms with Crippen molar-refractivity contribution in [3.8, 4) is 146 Å². The highest BCUT2D eigenvalue weighted by Gasteiger charge is 2.46. The Morgan fingerprint density at radius 1 is 0.250 bits per heavy atom. The molecule has 434 valence electrons. The fourth-order valence-electron chi connectivity index (χ4n) is 13.5. The summed E-state index contributed by atoms with van der Waals surface area (Å²) in [5.74, 6) is 6.09. The largest absolute Gasteiger partial charge is 0.455 e. The van der Waals surface area contributed by atoms with Crippen molar-refractivity contribution in [3.63, 3.8) is 0 Å². The Balaban J connectivity index is 0.621. The van der Waals surface area contributed by atoms with E-state index in [0.717, 1.165) is 178 Å². The van der Waals surface area contributed by atoms with Crippen molar-refractivity contribution < 1.29 is 18.9 Å². The molecule has 0 N–H and O–H groups in total. The number of nitrogens with zero attached hydrogens (tertiary/aromatic N) is 4. The van der Waals surface area contributed by atoms with Gasteiger partial charge in [-0.05, 0) is 129 Å². The third kappa shape index (κ3) is 8.63. The van der Waals surface area contributed by atoms with E-state index in [4.69, 9.17) is 52.5 Å². The molecule has 0 aliphatic carbocycles. The van der Waals surface area contributed by atoms with Gasteiger partial charge >= 0.3 is 0 Å². The average molecular weight is 1260 g/mol. The van der Waals surface area contributed by atoms with Gasteiger partial charge in [0.1, 0.15) is 46.0 Å². The standard InChI is InChI=1S/C80H48N4O4P2S2/c91-89-71-20-3-11-61(51-28-24-49(25-29-51)58-10-9-41-81-46-58)75(71)85-67-16-7-17-68(79(67)89)86-76-62(12-4-21-72(76)89)52-30-26-50(27-31-52)59-44-60(48-82-47-59)57-40-43-84-66(45-57)56-38-34-54(35-39-56)64-14-6-23-74-78(64)88-70-19-8-18-69-80(70)90(74,92)73-22-5-13-63(77(73)87-69)53-32-36-55(37-33-53)65-15-1-2-42-83-65/h1-48H. The minimum Gasteiger partial charge on any atom is -0.455 e. The van der Waals surface area contributed by atoms with Crippen LogP contribution >= 0.6 is 12.1 Å². The van der Waals surface area contributed by atoms with Crippen molar-refractivity contribution in [2.45, 2.75) is 0 Å². The Morgan fingerprint density at radius 2 is 0.630 bits per heavy atom. The monoisotopic (exact) mass is 1250 g/mol. The van der Waals surface area contributed by atoms with Crippen molar-refractivity contribution in [1.82, 2.24) is 19.9 Å². The number of aromatic nitrogens is 4. The Labute approximate surface area is 541 Å². The quantitative estimate of drug-likeness (QED) is 0.130. The smallest absolute Gasteiger partial charge is 0.144 e. The number of hydrogen-bond acceptors (Lipinski definition) is 10. The molecule has 8 nitrogen and oxygen atoms in total. The Bertz CT molecular complexity index is 5120. The number of fused-ring (bicyclic) bond motifs is 8. The van der Waals surface area contributed by atoms with E-state index in [1.165, 1.54) is 0 Å². The highest BCUT2D eigenvalue weighted by atomic mass is 32.4. The lowest BCUT2D eigenvalue weighted by Gasteiger charge is -2.38. The molecule has 92 heavy (non-hydrogen) atoms. The summed E-state index contributed by atoms with van der Waals surface area (Å²) in [4.78, 5) is 18.5. The van der Waals surface area contributed by atoms with E-state index >= 15 is 0 Å². The van der Waals surface area contributed by atoms with Crippen LogP contribution in [0.15, 0.2) is 292 Å². The third-order valence-corrected chi connectivity index (χ3v) is 27.7. The molecule has 2 atom stereocenters. The highest BCUT2D eigenvalue weighted by molar-refractivity contribution is 8.26. The van der Waals surface area contributed by atoms with E-state index in [9.17, 15) is 0 Å². The molecule has 4 aliphatic heterocycles. The topological polar surface area (TPSA) is 88.5 Å². The summed E-state index contributed by atoms with van der Waals surface area (Å²) >= 11 is 14.1. The zero-order valence-corrected chi connectivity index (χ0v) is 52.3. The second-order valence-electron chi connectivity index (χ2n) is 23.1. The molecule has 0 radical (unpaired) electrons. The third-order valence-electron chi connectivity index (χ3n) is 17.9. The van der Waals surface area contributed by atoms with Gasteiger partial charge in [-0.1, -0.05) is 193 Å². The molecular formula is C80H48N4O4P2S2. The SMILES string of the molecule is S=P12c3cccc(-c4ccc(-c5cccnc5)cc4)c3Oc3cccc(c31)Oc1c(-c3ccc(-c4cncc(-c5ccnc(-c6ccc(-c7cccc8c7Oc7cccc9c7P8(=S)c7cccc(-c8ccc(-c%10ccccn%10)cc8)c7O9)cc6)c5)c4)cc3)cccc12. The molecule has 10 aromatic carbocycles. The molecule has 18 rings (SSSR count). The summed E-state index contributed by atoms with van der Waals surface area (Å²) in [5, 5.41) is 5.95. The molecule has 0 bridgehead atoms. The van der Waals surface area contributed by atoms with E-state index in [2.05, 4.69) is 198 Å². The fraction of sp³-hybridized carbons (Fsp3) is 0. The van der Waals surface area contributed by atoms with Crippen molar-refractivity contribution in [3.05, 3.63) is 292 Å². The summed E-state index contributed by atoms with van der Waals surface area (Å²) < 4.78 is 27.6. The molecule has 0 amide bonds. The molecule has 0 saturated carbocycles. The summed E-state index contributed by atoms with van der Waals surface area (Å²) in [6.07, 6.45) is 11.2. The fourth-order valence-corrected chi connectivity index (χ4v) is 22.5. The molecular weight excluding hydrogens is 1210 g/mol. The Morgan fingerprint density at radius 3 is 1.05 bits per heavy atom. The lowest BCUT2D eigenvalue weighted by Crippen LogP contribution is -2.35. The van der Waals surface area contributed by atoms with Gasteiger partial charge in [0.2, 0.25) is 0 Å². The number of para-hydroxylation sites is 4. The number of rotatable bonds is 9. The van der Waals surface area contributed by atoms with Crippen molar-refractivity contribution in [2.24, 2.45) is 0 Å². The maximum atomic E-state index is 7.06. The van der Waals surface area contributed by atoms with Gasteiger partial charge in [0.25, 0.3) is 0 Å². The van der Waals surface area contributed by atoms with Gasteiger partial charge in [0.05, 0.1) is 34.1 Å². The van der Waals surface area contributed by atoms with Gasteiger partial charge in [-0.3, -0.25) is 19.9 Å². The van der Waals surface area contributed by atoms with Gasteiger partial charge in [0, 0.05) is 103 Å². The van der Waals surface area contributed by atoms with Gasteiger partial charge in [-0.25, -0.2) is 0 Å². The zero-order chi connectivity index (χ0) is 61.1. The first-order valence-corrected chi connectivity index (χ1v) is 35.8. The molecule has 4 aliphatic rings. The summed E-state index contributed by atoms with van der Waals surface area (Å²) in [6, 6.07) is 82.8. The van der Waals surface area contributed by atoms with E-state index < -0.39 is 12.1 Å². The zero-order valence-electron chi connectivity index (χ0n) is 48.8. The van der Waals surface area contributed by atoms with Crippen LogP contribution in [0.25, 0.3) is 100 Å². The average Bonchev–Trinajstić information content (AvgIpc) is 0.708. The van der Waals surface area contributed by atoms with Crippen LogP contribution in [0.5, 0.6) is 46.0 Å². The minimum atomic E-state index is -2.69. The first-order chi connectivity index (χ1) is 45.3. The maximum absolute atomic E-state index is 7.06. The van der Waals surface area contributed by atoms with E-state index in [0.29, 0.717) is 0 Å². The van der Waals surface area contributed by atoms with Crippen LogP contribution in [0.2, 0.25) is 0 Å². The van der Waals surface area contributed by atoms with Crippen LogP contribution in [0.3, 0.4) is 0 Å².